The number of rotatable bonds is 4. The average Bonchev–Trinajstić information content (AvgIpc) is 2.97. The number of hydrogen-bond acceptors (Lipinski definition) is 6. The zero-order valence-electron chi connectivity index (χ0n) is 10.7. The van der Waals surface area contributed by atoms with Crippen LogP contribution in [0, 0.1) is 0 Å². The lowest BCUT2D eigenvalue weighted by Gasteiger charge is -2.04. The zero-order valence-corrected chi connectivity index (χ0v) is 10.7. The van der Waals surface area contributed by atoms with E-state index in [1.165, 1.54) is 6.07 Å². The van der Waals surface area contributed by atoms with Gasteiger partial charge < -0.3 is 14.8 Å². The van der Waals surface area contributed by atoms with Gasteiger partial charge in [-0.05, 0) is 24.3 Å². The van der Waals surface area contributed by atoms with E-state index in [2.05, 4.69) is 20.5 Å². The maximum Gasteiger partial charge on any atom is 0.337 e. The number of nitrogens with zero attached hydrogens (tertiary/aromatic N) is 3. The molecule has 0 bridgehead atoms. The van der Waals surface area contributed by atoms with Gasteiger partial charge in [-0.1, -0.05) is 17.2 Å². The molecular formula is C14H10N4O3. The number of aromatic nitrogens is 3. The lowest BCUT2D eigenvalue weighted by Crippen LogP contribution is -2.02. The van der Waals surface area contributed by atoms with Crippen LogP contribution < -0.4 is 5.32 Å². The third-order valence-electron chi connectivity index (χ3n) is 2.75. The van der Waals surface area contributed by atoms with Crippen molar-refractivity contribution in [1.82, 2.24) is 15.2 Å². The normalized spacial score (nSPS) is 10.3. The topological polar surface area (TPSA) is 101 Å². The summed E-state index contributed by atoms with van der Waals surface area (Å²) in [5, 5.41) is 19.7. The Morgan fingerprint density at radius 1 is 1.10 bits per heavy atom. The molecule has 0 unspecified atom stereocenters. The molecule has 7 nitrogen and oxygen atoms in total. The Morgan fingerprint density at radius 2 is 1.86 bits per heavy atom. The molecule has 0 aliphatic heterocycles. The number of nitrogens with one attached hydrogen (secondary N) is 1. The van der Waals surface area contributed by atoms with Gasteiger partial charge in [-0.2, -0.15) is 0 Å². The zero-order chi connectivity index (χ0) is 14.7. The van der Waals surface area contributed by atoms with Crippen molar-refractivity contribution in [2.45, 2.75) is 0 Å². The molecule has 0 amide bonds. The molecule has 0 saturated heterocycles. The van der Waals surface area contributed by atoms with Crippen LogP contribution in [0.5, 0.6) is 0 Å². The number of pyridine rings is 1. The number of carbonyl (C=O) groups is 1. The van der Waals surface area contributed by atoms with Crippen LogP contribution >= 0.6 is 0 Å². The van der Waals surface area contributed by atoms with Crippen molar-refractivity contribution in [3.8, 4) is 11.5 Å². The third-order valence-corrected chi connectivity index (χ3v) is 2.75. The summed E-state index contributed by atoms with van der Waals surface area (Å²) in [6, 6.07) is 10.1. The minimum absolute atomic E-state index is 0.121. The summed E-state index contributed by atoms with van der Waals surface area (Å²) in [5.74, 6) is -0.709. The molecule has 7 heteroatoms. The molecule has 2 aromatic heterocycles. The number of hydrogen-bond donors (Lipinski definition) is 2. The highest BCUT2D eigenvalue weighted by atomic mass is 16.4. The van der Waals surface area contributed by atoms with Crippen molar-refractivity contribution in [3.05, 3.63) is 54.4 Å². The van der Waals surface area contributed by atoms with E-state index in [1.54, 1.807) is 42.7 Å². The Labute approximate surface area is 119 Å². The van der Waals surface area contributed by atoms with Crippen LogP contribution in [0.4, 0.5) is 11.7 Å². The van der Waals surface area contributed by atoms with Crippen LogP contribution in [0.3, 0.4) is 0 Å². The van der Waals surface area contributed by atoms with Gasteiger partial charge in [0.1, 0.15) is 0 Å². The standard InChI is InChI=1S/C14H10N4O3/c19-13(20)10-3-1-2-4-11(10)16-14-18-17-12(21-14)9-5-7-15-8-6-9/h1-8H,(H,16,18)(H,19,20). The summed E-state index contributed by atoms with van der Waals surface area (Å²) >= 11 is 0. The average molecular weight is 282 g/mol. The lowest BCUT2D eigenvalue weighted by molar-refractivity contribution is 0.0698. The fourth-order valence-corrected chi connectivity index (χ4v) is 1.78. The summed E-state index contributed by atoms with van der Waals surface area (Å²) in [6.45, 7) is 0. The maximum absolute atomic E-state index is 11.1. The molecule has 1 aromatic carbocycles. The summed E-state index contributed by atoms with van der Waals surface area (Å²) in [7, 11) is 0. The number of para-hydroxylation sites is 1. The predicted molar refractivity (Wildman–Crippen MR) is 74.2 cm³/mol. The molecule has 2 heterocycles. The Hall–Kier alpha value is -3.22. The summed E-state index contributed by atoms with van der Waals surface area (Å²) in [4.78, 5) is 15.0. The van der Waals surface area contributed by atoms with Gasteiger partial charge in [0.05, 0.1) is 11.3 Å². The van der Waals surface area contributed by atoms with Crippen molar-refractivity contribution in [2.24, 2.45) is 0 Å². The second kappa shape index (κ2) is 5.41. The van der Waals surface area contributed by atoms with Gasteiger partial charge in [0, 0.05) is 18.0 Å². The SMILES string of the molecule is O=C(O)c1ccccc1Nc1nnc(-c2ccncc2)o1. The van der Waals surface area contributed by atoms with Crippen molar-refractivity contribution < 1.29 is 14.3 Å². The van der Waals surface area contributed by atoms with Crippen LogP contribution in [0.2, 0.25) is 0 Å². The molecule has 0 spiro atoms. The predicted octanol–water partition coefficient (Wildman–Crippen LogP) is 2.57. The van der Waals surface area contributed by atoms with Gasteiger partial charge in [-0.15, -0.1) is 5.10 Å². The maximum atomic E-state index is 11.1. The molecule has 104 valence electrons. The Kier molecular flexibility index (Phi) is 3.30. The van der Waals surface area contributed by atoms with Crippen molar-refractivity contribution in [2.75, 3.05) is 5.32 Å². The first-order valence-electron chi connectivity index (χ1n) is 6.07. The molecule has 0 aliphatic rings. The van der Waals surface area contributed by atoms with E-state index >= 15 is 0 Å². The largest absolute Gasteiger partial charge is 0.478 e. The van der Waals surface area contributed by atoms with Gasteiger partial charge >= 0.3 is 12.0 Å². The Balaban J connectivity index is 1.87. The highest BCUT2D eigenvalue weighted by molar-refractivity contribution is 5.94. The van der Waals surface area contributed by atoms with E-state index in [4.69, 9.17) is 9.52 Å². The quantitative estimate of drug-likeness (QED) is 0.758. The highest BCUT2D eigenvalue weighted by Gasteiger charge is 2.13. The summed E-state index contributed by atoms with van der Waals surface area (Å²) in [5.41, 5.74) is 1.24. The van der Waals surface area contributed by atoms with Crippen LogP contribution in [0.25, 0.3) is 11.5 Å². The smallest absolute Gasteiger partial charge is 0.337 e. The van der Waals surface area contributed by atoms with Gasteiger partial charge in [-0.25, -0.2) is 4.79 Å². The molecule has 0 fully saturated rings. The van der Waals surface area contributed by atoms with Crippen molar-refractivity contribution in [3.63, 3.8) is 0 Å². The van der Waals surface area contributed by atoms with Gasteiger partial charge in [0.2, 0.25) is 5.89 Å². The van der Waals surface area contributed by atoms with Gasteiger partial charge in [-0.3, -0.25) is 4.98 Å². The monoisotopic (exact) mass is 282 g/mol. The second-order valence-corrected chi connectivity index (χ2v) is 4.12. The van der Waals surface area contributed by atoms with E-state index in [1.807, 2.05) is 0 Å². The number of anilines is 2. The van der Waals surface area contributed by atoms with Crippen LogP contribution in [0.1, 0.15) is 10.4 Å². The first-order valence-corrected chi connectivity index (χ1v) is 6.07. The molecule has 2 N–H and O–H groups in total. The summed E-state index contributed by atoms with van der Waals surface area (Å²) in [6.07, 6.45) is 3.23. The van der Waals surface area contributed by atoms with Crippen LogP contribution in [-0.2, 0) is 0 Å². The van der Waals surface area contributed by atoms with Gasteiger partial charge in [0.25, 0.3) is 0 Å². The molecule has 0 saturated carbocycles. The Morgan fingerprint density at radius 3 is 2.62 bits per heavy atom. The minimum atomic E-state index is -1.04. The number of benzene rings is 1. The van der Waals surface area contributed by atoms with Gasteiger partial charge in [0.15, 0.2) is 0 Å². The lowest BCUT2D eigenvalue weighted by atomic mass is 10.2. The van der Waals surface area contributed by atoms with E-state index in [0.717, 1.165) is 5.56 Å². The molecule has 21 heavy (non-hydrogen) atoms. The molecule has 0 aliphatic carbocycles. The van der Waals surface area contributed by atoms with E-state index in [-0.39, 0.29) is 11.6 Å². The van der Waals surface area contributed by atoms with Crippen LogP contribution in [0.15, 0.2) is 53.2 Å². The molecule has 3 aromatic rings. The number of aromatic carboxylic acids is 1. The van der Waals surface area contributed by atoms with Crippen molar-refractivity contribution >= 4 is 17.7 Å². The Bertz CT molecular complexity index is 771. The molecule has 0 atom stereocenters. The number of carboxylic acids is 1. The molecule has 0 radical (unpaired) electrons. The molecule has 3 rings (SSSR count). The minimum Gasteiger partial charge on any atom is -0.478 e. The second-order valence-electron chi connectivity index (χ2n) is 4.12. The van der Waals surface area contributed by atoms with E-state index in [9.17, 15) is 4.79 Å². The fraction of sp³-hybridized carbons (Fsp3) is 0. The van der Waals surface area contributed by atoms with E-state index in [0.29, 0.717) is 11.6 Å². The van der Waals surface area contributed by atoms with E-state index < -0.39 is 5.97 Å². The fourth-order valence-electron chi connectivity index (χ4n) is 1.78. The highest BCUT2D eigenvalue weighted by Crippen LogP contribution is 2.23. The first kappa shape index (κ1) is 12.8. The first-order chi connectivity index (χ1) is 10.2. The third kappa shape index (κ3) is 2.71. The van der Waals surface area contributed by atoms with Crippen molar-refractivity contribution in [1.29, 1.82) is 0 Å². The molecular weight excluding hydrogens is 272 g/mol. The number of carboxylic acid groups (broad SMARTS) is 1. The van der Waals surface area contributed by atoms with Crippen LogP contribution in [-0.4, -0.2) is 26.3 Å². The summed E-state index contributed by atoms with van der Waals surface area (Å²) < 4.78 is 5.45.